The van der Waals surface area contributed by atoms with Crippen LogP contribution in [0.25, 0.3) is 16.8 Å². The van der Waals surface area contributed by atoms with Gasteiger partial charge in [-0.05, 0) is 19.9 Å². The van der Waals surface area contributed by atoms with Gasteiger partial charge in [-0.1, -0.05) is 17.8 Å². The van der Waals surface area contributed by atoms with Crippen LogP contribution in [-0.2, 0) is 26.3 Å². The van der Waals surface area contributed by atoms with Crippen molar-refractivity contribution in [1.29, 1.82) is 0 Å². The zero-order valence-electron chi connectivity index (χ0n) is 20.9. The molecule has 12 nitrogen and oxygen atoms in total. The summed E-state index contributed by atoms with van der Waals surface area (Å²) in [7, 11) is 1.93. The SMILES string of the molecule is CC(C)O/N=C(\C(=O)N[C@@H]1C(=O)N2C(C(=O)S)=C(c3nc(-c4ccc[n+](C)c4)cs3)CS[C@H]12)c1nsc(N)n1. The smallest absolute Gasteiger partial charge is 0.278 e. The van der Waals surface area contributed by atoms with Crippen molar-refractivity contribution in [2.24, 2.45) is 12.2 Å². The zero-order valence-corrected chi connectivity index (χ0v) is 24.2. The number of thioether (sulfide) groups is 1. The number of amides is 2. The zero-order chi connectivity index (χ0) is 27.8. The van der Waals surface area contributed by atoms with Gasteiger partial charge in [-0.2, -0.15) is 9.36 Å². The predicted molar refractivity (Wildman–Crippen MR) is 152 cm³/mol. The maximum Gasteiger partial charge on any atom is 0.278 e. The lowest BCUT2D eigenvalue weighted by Gasteiger charge is -2.49. The van der Waals surface area contributed by atoms with E-state index in [-0.39, 0.29) is 28.5 Å². The minimum absolute atomic E-state index is 0.00410. The molecule has 5 rings (SSSR count). The number of anilines is 1. The Bertz CT molecular complexity index is 1530. The Labute approximate surface area is 240 Å². The van der Waals surface area contributed by atoms with Crippen molar-refractivity contribution in [3.8, 4) is 11.3 Å². The summed E-state index contributed by atoms with van der Waals surface area (Å²) in [5, 5.41) is 8.22. The molecule has 0 aromatic carbocycles. The van der Waals surface area contributed by atoms with E-state index in [0.29, 0.717) is 16.3 Å². The molecule has 3 N–H and O–H groups in total. The number of thiazole rings is 1. The minimum atomic E-state index is -0.900. The number of nitrogens with two attached hydrogens (primary N) is 1. The van der Waals surface area contributed by atoms with Crippen LogP contribution >= 0.6 is 47.3 Å². The Morgan fingerprint density at radius 1 is 1.36 bits per heavy atom. The summed E-state index contributed by atoms with van der Waals surface area (Å²) < 4.78 is 5.96. The van der Waals surface area contributed by atoms with E-state index < -0.39 is 28.3 Å². The molecule has 2 atom stereocenters. The number of pyridine rings is 1. The quantitative estimate of drug-likeness (QED) is 0.114. The molecule has 3 aromatic heterocycles. The molecule has 1 fully saturated rings. The number of aryl methyl sites for hydroxylation is 1. The molecule has 2 aliphatic rings. The van der Waals surface area contributed by atoms with Crippen molar-refractivity contribution in [3.63, 3.8) is 0 Å². The van der Waals surface area contributed by atoms with Gasteiger partial charge in [0.15, 0.2) is 17.5 Å². The minimum Gasteiger partial charge on any atom is -0.392 e. The van der Waals surface area contributed by atoms with E-state index in [1.807, 2.05) is 41.5 Å². The molecule has 0 bridgehead atoms. The number of nitrogen functional groups attached to an aromatic ring is 1. The summed E-state index contributed by atoms with van der Waals surface area (Å²) in [6, 6.07) is 2.98. The number of rotatable bonds is 8. The topological polar surface area (TPSA) is 157 Å². The summed E-state index contributed by atoms with van der Waals surface area (Å²) >= 11 is 7.78. The average molecular weight is 604 g/mol. The van der Waals surface area contributed by atoms with E-state index in [1.54, 1.807) is 13.8 Å². The number of thiol groups is 1. The number of carbonyl (C=O) groups is 3. The second-order valence-electron chi connectivity index (χ2n) is 8.84. The van der Waals surface area contributed by atoms with E-state index in [2.05, 4.69) is 32.5 Å². The number of nitrogens with one attached hydrogen (secondary N) is 1. The monoisotopic (exact) mass is 603 g/mol. The molecular weight excluding hydrogens is 581 g/mol. The van der Waals surface area contributed by atoms with Crippen LogP contribution in [0.1, 0.15) is 24.7 Å². The molecule has 2 aliphatic heterocycles. The number of β-lactam (4-membered cyclic amide) rings is 1. The molecule has 1 saturated heterocycles. The molecule has 202 valence electrons. The summed E-state index contributed by atoms with van der Waals surface area (Å²) in [6.07, 6.45) is 3.57. The van der Waals surface area contributed by atoms with Gasteiger partial charge in [0, 0.05) is 34.3 Å². The average Bonchev–Trinajstić information content (AvgIpc) is 3.56. The fraction of sp³-hybridized carbons (Fsp3) is 0.304. The van der Waals surface area contributed by atoms with Crippen LogP contribution in [0.5, 0.6) is 0 Å². The Morgan fingerprint density at radius 3 is 2.82 bits per heavy atom. The van der Waals surface area contributed by atoms with Crippen LogP contribution in [0.2, 0.25) is 0 Å². The normalized spacial score (nSPS) is 19.2. The summed E-state index contributed by atoms with van der Waals surface area (Å²) in [5.41, 5.74) is 7.96. The molecule has 0 unspecified atom stereocenters. The van der Waals surface area contributed by atoms with Gasteiger partial charge in [0.1, 0.15) is 35.3 Å². The van der Waals surface area contributed by atoms with Crippen molar-refractivity contribution in [3.05, 3.63) is 46.4 Å². The molecule has 0 radical (unpaired) electrons. The first kappa shape index (κ1) is 27.2. The third kappa shape index (κ3) is 5.41. The van der Waals surface area contributed by atoms with Gasteiger partial charge in [-0.3, -0.25) is 19.3 Å². The lowest BCUT2D eigenvalue weighted by Crippen LogP contribution is -2.70. The summed E-state index contributed by atoms with van der Waals surface area (Å²) in [5.74, 6) is -0.742. The van der Waals surface area contributed by atoms with Gasteiger partial charge in [-0.15, -0.1) is 23.1 Å². The van der Waals surface area contributed by atoms with Crippen LogP contribution in [-0.4, -0.2) is 65.2 Å². The maximum absolute atomic E-state index is 13.3. The fourth-order valence-electron chi connectivity index (χ4n) is 3.95. The first-order valence-corrected chi connectivity index (χ1v) is 14.8. The highest BCUT2D eigenvalue weighted by Crippen LogP contribution is 2.44. The molecule has 0 spiro atoms. The van der Waals surface area contributed by atoms with E-state index in [9.17, 15) is 14.4 Å². The Balaban J connectivity index is 1.38. The lowest BCUT2D eigenvalue weighted by molar-refractivity contribution is -0.671. The van der Waals surface area contributed by atoms with Crippen molar-refractivity contribution in [2.45, 2.75) is 31.4 Å². The van der Waals surface area contributed by atoms with Gasteiger partial charge >= 0.3 is 0 Å². The maximum atomic E-state index is 13.3. The molecule has 39 heavy (non-hydrogen) atoms. The van der Waals surface area contributed by atoms with Crippen molar-refractivity contribution in [1.82, 2.24) is 24.6 Å². The predicted octanol–water partition coefficient (Wildman–Crippen LogP) is 1.46. The number of fused-ring (bicyclic) bond motifs is 1. The summed E-state index contributed by atoms with van der Waals surface area (Å²) in [6.45, 7) is 3.50. The van der Waals surface area contributed by atoms with Crippen LogP contribution in [0.4, 0.5) is 5.13 Å². The number of hydrogen-bond acceptors (Lipinski definition) is 12. The molecule has 0 saturated carbocycles. The molecular formula is C23H23N8O4S4+. The lowest BCUT2D eigenvalue weighted by atomic mass is 10.0. The van der Waals surface area contributed by atoms with Gasteiger partial charge in [-0.25, -0.2) is 9.55 Å². The number of carbonyl (C=O) groups excluding carboxylic acids is 3. The van der Waals surface area contributed by atoms with Crippen LogP contribution in [0.15, 0.2) is 40.8 Å². The largest absolute Gasteiger partial charge is 0.392 e. The second-order valence-corrected chi connectivity index (χ2v) is 12.0. The van der Waals surface area contributed by atoms with Crippen molar-refractivity contribution >= 4 is 80.6 Å². The van der Waals surface area contributed by atoms with Gasteiger partial charge < -0.3 is 15.9 Å². The van der Waals surface area contributed by atoms with Crippen LogP contribution < -0.4 is 15.6 Å². The van der Waals surface area contributed by atoms with E-state index in [1.165, 1.54) is 28.0 Å². The third-order valence-electron chi connectivity index (χ3n) is 5.68. The highest BCUT2D eigenvalue weighted by Gasteiger charge is 2.54. The molecule has 5 heterocycles. The molecule has 2 amide bonds. The van der Waals surface area contributed by atoms with Crippen molar-refractivity contribution in [2.75, 3.05) is 11.5 Å². The van der Waals surface area contributed by atoms with Crippen molar-refractivity contribution < 1.29 is 23.8 Å². The highest BCUT2D eigenvalue weighted by molar-refractivity contribution is 8.00. The second kappa shape index (κ2) is 11.0. The molecule has 0 aliphatic carbocycles. The number of nitrogens with zero attached hydrogens (tertiary/aromatic N) is 6. The van der Waals surface area contributed by atoms with Crippen LogP contribution in [0.3, 0.4) is 0 Å². The Hall–Kier alpha value is -3.34. The third-order valence-corrected chi connectivity index (χ3v) is 8.61. The molecule has 16 heteroatoms. The standard InChI is InChI=1S/C23H22N8O4S4/c1-10(2)35-28-14(17-27-23(24)39-29-17)18(32)26-15-20(33)31-16(22(34)36)12(8-38-21(15)31)19-25-13(9-37-19)11-5-4-6-30(3)7-11/h4-7,9-10,15,21H,8H2,1-3H3,(H3-,24,26,27,29,32,34,36)/p+1/b28-14-/t15-,21-/m1/s1. The first-order valence-electron chi connectivity index (χ1n) is 11.6. The van der Waals surface area contributed by atoms with Gasteiger partial charge in [0.25, 0.3) is 11.8 Å². The first-order chi connectivity index (χ1) is 18.6. The number of oxime groups is 1. The Morgan fingerprint density at radius 2 is 2.15 bits per heavy atom. The van der Waals surface area contributed by atoms with E-state index >= 15 is 0 Å². The fourth-order valence-corrected chi connectivity index (χ4v) is 6.94. The van der Waals surface area contributed by atoms with E-state index in [0.717, 1.165) is 22.8 Å². The van der Waals surface area contributed by atoms with Gasteiger partial charge in [0.2, 0.25) is 16.7 Å². The highest BCUT2D eigenvalue weighted by atomic mass is 32.2. The summed E-state index contributed by atoms with van der Waals surface area (Å²) in [4.78, 5) is 54.4. The molecule has 3 aromatic rings. The van der Waals surface area contributed by atoms with Crippen LogP contribution in [0, 0.1) is 0 Å². The number of hydrogen-bond donors (Lipinski definition) is 3. The van der Waals surface area contributed by atoms with Gasteiger partial charge in [0.05, 0.1) is 11.3 Å². The van der Waals surface area contributed by atoms with E-state index in [4.69, 9.17) is 15.6 Å². The number of aromatic nitrogens is 4. The Kier molecular flexibility index (Phi) is 7.70.